The number of anilines is 1. The van der Waals surface area contributed by atoms with Crippen molar-refractivity contribution in [2.24, 2.45) is 5.10 Å². The molecular formula is C22H27N3O3. The molecular weight excluding hydrogens is 354 g/mol. The van der Waals surface area contributed by atoms with Crippen molar-refractivity contribution in [3.05, 3.63) is 59.2 Å². The summed E-state index contributed by atoms with van der Waals surface area (Å²) in [5.41, 5.74) is 5.68. The Labute approximate surface area is 166 Å². The van der Waals surface area contributed by atoms with Crippen LogP contribution in [0.1, 0.15) is 43.9 Å². The Balaban J connectivity index is 2.03. The van der Waals surface area contributed by atoms with E-state index in [9.17, 15) is 9.59 Å². The Morgan fingerprint density at radius 1 is 0.964 bits per heavy atom. The summed E-state index contributed by atoms with van der Waals surface area (Å²) in [6.07, 6.45) is 3.88. The van der Waals surface area contributed by atoms with Gasteiger partial charge in [-0.3, -0.25) is 9.59 Å². The van der Waals surface area contributed by atoms with Crippen LogP contribution < -0.4 is 15.5 Å². The van der Waals surface area contributed by atoms with Crippen molar-refractivity contribution in [1.29, 1.82) is 0 Å². The summed E-state index contributed by atoms with van der Waals surface area (Å²) in [6, 6.07) is 13.2. The van der Waals surface area contributed by atoms with Crippen LogP contribution in [0.5, 0.6) is 5.75 Å². The highest BCUT2D eigenvalue weighted by Gasteiger charge is 2.16. The molecule has 0 aliphatic heterocycles. The lowest BCUT2D eigenvalue weighted by molar-refractivity contribution is -0.136. The molecule has 0 fully saturated rings. The first-order valence-electron chi connectivity index (χ1n) is 9.57. The molecule has 0 heterocycles. The lowest BCUT2D eigenvalue weighted by atomic mass is 10.0. The number of benzene rings is 2. The molecule has 0 aromatic heterocycles. The summed E-state index contributed by atoms with van der Waals surface area (Å²) in [6.45, 7) is 6.63. The molecule has 2 N–H and O–H groups in total. The normalized spacial score (nSPS) is 10.7. The van der Waals surface area contributed by atoms with E-state index in [1.807, 2.05) is 63.2 Å². The number of ether oxygens (including phenoxy) is 1. The number of para-hydroxylation sites is 2. The zero-order chi connectivity index (χ0) is 20.4. The van der Waals surface area contributed by atoms with Gasteiger partial charge in [0.1, 0.15) is 5.75 Å². The van der Waals surface area contributed by atoms with Crippen molar-refractivity contribution in [3.63, 3.8) is 0 Å². The van der Waals surface area contributed by atoms with Crippen LogP contribution in [0.4, 0.5) is 5.69 Å². The number of nitrogens with zero attached hydrogens (tertiary/aromatic N) is 1. The molecule has 2 aromatic carbocycles. The third kappa shape index (κ3) is 5.67. The fourth-order valence-corrected chi connectivity index (χ4v) is 2.72. The SMILES string of the molecule is CCCOc1ccccc1/C=N\NC(=O)C(=O)Nc1c(CC)cccc1CC. The minimum Gasteiger partial charge on any atom is -0.493 e. The van der Waals surface area contributed by atoms with Gasteiger partial charge in [0, 0.05) is 11.3 Å². The van der Waals surface area contributed by atoms with E-state index in [2.05, 4.69) is 15.8 Å². The van der Waals surface area contributed by atoms with Crippen LogP contribution in [0, 0.1) is 0 Å². The van der Waals surface area contributed by atoms with Gasteiger partial charge in [-0.15, -0.1) is 0 Å². The molecule has 2 amide bonds. The largest absolute Gasteiger partial charge is 0.493 e. The second kappa shape index (κ2) is 10.9. The maximum atomic E-state index is 12.3. The standard InChI is InChI=1S/C22H27N3O3/c1-4-14-28-19-13-8-7-10-18(19)15-23-25-22(27)21(26)24-20-16(5-2)11-9-12-17(20)6-3/h7-13,15H,4-6,14H2,1-3H3,(H,24,26)(H,25,27)/b23-15-. The summed E-state index contributed by atoms with van der Waals surface area (Å²) in [5, 5.41) is 6.61. The summed E-state index contributed by atoms with van der Waals surface area (Å²) < 4.78 is 5.64. The zero-order valence-corrected chi connectivity index (χ0v) is 16.6. The molecule has 148 valence electrons. The van der Waals surface area contributed by atoms with Crippen LogP contribution in [0.15, 0.2) is 47.6 Å². The van der Waals surface area contributed by atoms with Crippen molar-refractivity contribution in [3.8, 4) is 5.75 Å². The Morgan fingerprint density at radius 3 is 2.29 bits per heavy atom. The molecule has 6 heteroatoms. The minimum atomic E-state index is -0.823. The first-order chi connectivity index (χ1) is 13.6. The molecule has 0 atom stereocenters. The third-order valence-corrected chi connectivity index (χ3v) is 4.19. The van der Waals surface area contributed by atoms with Crippen molar-refractivity contribution >= 4 is 23.7 Å². The molecule has 0 radical (unpaired) electrons. The Bertz CT molecular complexity index is 824. The molecule has 0 saturated heterocycles. The Kier molecular flexibility index (Phi) is 8.21. The van der Waals surface area contributed by atoms with E-state index in [4.69, 9.17) is 4.74 Å². The number of rotatable bonds is 8. The number of hydrogen-bond acceptors (Lipinski definition) is 4. The van der Waals surface area contributed by atoms with Gasteiger partial charge in [-0.2, -0.15) is 5.10 Å². The van der Waals surface area contributed by atoms with Gasteiger partial charge in [-0.25, -0.2) is 5.43 Å². The van der Waals surface area contributed by atoms with Crippen molar-refractivity contribution < 1.29 is 14.3 Å². The quantitative estimate of drug-likeness (QED) is 0.416. The number of aryl methyl sites for hydroxylation is 2. The Morgan fingerprint density at radius 2 is 1.64 bits per heavy atom. The van der Waals surface area contributed by atoms with Crippen LogP contribution in [-0.2, 0) is 22.4 Å². The molecule has 0 unspecified atom stereocenters. The topological polar surface area (TPSA) is 79.8 Å². The van der Waals surface area contributed by atoms with Gasteiger partial charge in [0.15, 0.2) is 0 Å². The molecule has 28 heavy (non-hydrogen) atoms. The Hall–Kier alpha value is -3.15. The van der Waals surface area contributed by atoms with Gasteiger partial charge in [0.05, 0.1) is 12.8 Å². The fraction of sp³-hybridized carbons (Fsp3) is 0.318. The summed E-state index contributed by atoms with van der Waals surface area (Å²) in [4.78, 5) is 24.4. The molecule has 0 bridgehead atoms. The molecule has 0 aliphatic rings. The number of hydrazone groups is 1. The van der Waals surface area contributed by atoms with Crippen LogP contribution in [0.25, 0.3) is 0 Å². The third-order valence-electron chi connectivity index (χ3n) is 4.19. The average Bonchev–Trinajstić information content (AvgIpc) is 2.72. The van der Waals surface area contributed by atoms with E-state index in [-0.39, 0.29) is 0 Å². The monoisotopic (exact) mass is 381 g/mol. The van der Waals surface area contributed by atoms with E-state index in [0.717, 1.165) is 36.0 Å². The van der Waals surface area contributed by atoms with Gasteiger partial charge in [-0.1, -0.05) is 51.1 Å². The molecule has 0 spiro atoms. The first-order valence-corrected chi connectivity index (χ1v) is 9.57. The number of hydrogen-bond donors (Lipinski definition) is 2. The van der Waals surface area contributed by atoms with E-state index in [1.54, 1.807) is 0 Å². The predicted molar refractivity (Wildman–Crippen MR) is 112 cm³/mol. The van der Waals surface area contributed by atoms with Crippen LogP contribution in [-0.4, -0.2) is 24.6 Å². The summed E-state index contributed by atoms with van der Waals surface area (Å²) in [7, 11) is 0. The molecule has 2 rings (SSSR count). The smallest absolute Gasteiger partial charge is 0.329 e. The van der Waals surface area contributed by atoms with E-state index >= 15 is 0 Å². The lowest BCUT2D eigenvalue weighted by Crippen LogP contribution is -2.33. The van der Waals surface area contributed by atoms with E-state index < -0.39 is 11.8 Å². The van der Waals surface area contributed by atoms with Crippen molar-refractivity contribution in [2.75, 3.05) is 11.9 Å². The average molecular weight is 381 g/mol. The van der Waals surface area contributed by atoms with E-state index in [1.165, 1.54) is 6.21 Å². The zero-order valence-electron chi connectivity index (χ0n) is 16.6. The van der Waals surface area contributed by atoms with Crippen LogP contribution in [0.3, 0.4) is 0 Å². The number of amides is 2. The minimum absolute atomic E-state index is 0.593. The molecule has 6 nitrogen and oxygen atoms in total. The number of carbonyl (C=O) groups excluding carboxylic acids is 2. The summed E-state index contributed by atoms with van der Waals surface area (Å²) in [5.74, 6) is -0.893. The fourth-order valence-electron chi connectivity index (χ4n) is 2.72. The van der Waals surface area contributed by atoms with Crippen LogP contribution in [0.2, 0.25) is 0 Å². The summed E-state index contributed by atoms with van der Waals surface area (Å²) >= 11 is 0. The number of carbonyl (C=O) groups is 2. The molecule has 0 saturated carbocycles. The maximum absolute atomic E-state index is 12.3. The van der Waals surface area contributed by atoms with Crippen molar-refractivity contribution in [2.45, 2.75) is 40.0 Å². The maximum Gasteiger partial charge on any atom is 0.329 e. The lowest BCUT2D eigenvalue weighted by Gasteiger charge is -2.13. The van der Waals surface area contributed by atoms with Gasteiger partial charge >= 0.3 is 11.8 Å². The van der Waals surface area contributed by atoms with Gasteiger partial charge in [0.25, 0.3) is 0 Å². The molecule has 2 aromatic rings. The second-order valence-electron chi connectivity index (χ2n) is 6.20. The molecule has 0 aliphatic carbocycles. The van der Waals surface area contributed by atoms with Gasteiger partial charge in [-0.05, 0) is 42.5 Å². The highest BCUT2D eigenvalue weighted by molar-refractivity contribution is 6.39. The second-order valence-corrected chi connectivity index (χ2v) is 6.20. The van der Waals surface area contributed by atoms with Crippen LogP contribution >= 0.6 is 0 Å². The number of nitrogens with one attached hydrogen (secondary N) is 2. The first kappa shape index (κ1) is 21.2. The predicted octanol–water partition coefficient (Wildman–Crippen LogP) is 3.69. The highest BCUT2D eigenvalue weighted by atomic mass is 16.5. The van der Waals surface area contributed by atoms with E-state index in [0.29, 0.717) is 18.0 Å². The van der Waals surface area contributed by atoms with Crippen molar-refractivity contribution in [1.82, 2.24) is 5.43 Å². The van der Waals surface area contributed by atoms with Gasteiger partial charge in [0.2, 0.25) is 0 Å². The van der Waals surface area contributed by atoms with Gasteiger partial charge < -0.3 is 10.1 Å². The highest BCUT2D eigenvalue weighted by Crippen LogP contribution is 2.22.